The zero-order valence-electron chi connectivity index (χ0n) is 13.1. The molecule has 0 spiro atoms. The number of para-hydroxylation sites is 2. The Labute approximate surface area is 132 Å². The lowest BCUT2D eigenvalue weighted by Gasteiger charge is -2.40. The molecule has 3 rings (SSSR count). The predicted octanol–water partition coefficient (Wildman–Crippen LogP) is 4.01. The van der Waals surface area contributed by atoms with Crippen molar-refractivity contribution in [3.8, 4) is 0 Å². The molecule has 4 heteroatoms. The van der Waals surface area contributed by atoms with E-state index < -0.39 is 10.0 Å². The Bertz CT molecular complexity index is 771. The second-order valence-electron chi connectivity index (χ2n) is 6.02. The first kappa shape index (κ1) is 15.3. The summed E-state index contributed by atoms with van der Waals surface area (Å²) in [4.78, 5) is 0. The third-order valence-corrected chi connectivity index (χ3v) is 7.36. The molecule has 0 fully saturated rings. The van der Waals surface area contributed by atoms with E-state index in [0.29, 0.717) is 12.8 Å². The lowest BCUT2D eigenvalue weighted by atomic mass is 10.0. The minimum absolute atomic E-state index is 0.130. The molecule has 0 radical (unpaired) electrons. The number of hydrogen-bond acceptors (Lipinski definition) is 2. The molecule has 0 saturated carbocycles. The van der Waals surface area contributed by atoms with E-state index in [9.17, 15) is 8.42 Å². The summed E-state index contributed by atoms with van der Waals surface area (Å²) in [6, 6.07) is 17.5. The van der Waals surface area contributed by atoms with Crippen molar-refractivity contribution in [3.63, 3.8) is 0 Å². The molecular formula is C18H22NO2S+. The van der Waals surface area contributed by atoms with Crippen LogP contribution in [-0.4, -0.2) is 20.7 Å². The fourth-order valence-electron chi connectivity index (χ4n) is 3.46. The van der Waals surface area contributed by atoms with Crippen LogP contribution in [0.5, 0.6) is 0 Å². The van der Waals surface area contributed by atoms with E-state index >= 15 is 0 Å². The third kappa shape index (κ3) is 2.09. The molecule has 116 valence electrons. The minimum Gasteiger partial charge on any atom is -0.172 e. The number of sulfonamides is 1. The van der Waals surface area contributed by atoms with Crippen LogP contribution in [-0.2, 0) is 16.4 Å². The molecule has 1 aliphatic heterocycles. The number of quaternary nitrogens is 1. The Balaban J connectivity index is 2.29. The van der Waals surface area contributed by atoms with Crippen LogP contribution in [0, 0.1) is 0 Å². The molecule has 2 atom stereocenters. The van der Waals surface area contributed by atoms with Crippen LogP contribution in [0.2, 0.25) is 0 Å². The molecule has 2 aromatic carbocycles. The summed E-state index contributed by atoms with van der Waals surface area (Å²) in [5.74, 6) is 0. The van der Waals surface area contributed by atoms with E-state index in [-0.39, 0.29) is 9.14 Å². The average Bonchev–Trinajstić information content (AvgIpc) is 2.54. The van der Waals surface area contributed by atoms with Gasteiger partial charge in [0.15, 0.2) is 11.4 Å². The van der Waals surface area contributed by atoms with E-state index in [1.54, 1.807) is 0 Å². The summed E-state index contributed by atoms with van der Waals surface area (Å²) in [5.41, 5.74) is 2.82. The van der Waals surface area contributed by atoms with Crippen molar-refractivity contribution in [2.24, 2.45) is 0 Å². The Morgan fingerprint density at radius 1 is 1.05 bits per heavy atom. The molecule has 1 unspecified atom stereocenters. The Morgan fingerprint density at radius 2 is 1.68 bits per heavy atom. The molecule has 0 amide bonds. The number of nitrogens with zero attached hydrogens (tertiary/aromatic N) is 1. The molecule has 0 aromatic heterocycles. The van der Waals surface area contributed by atoms with Gasteiger partial charge in [0.05, 0.1) is 7.05 Å². The van der Waals surface area contributed by atoms with Crippen LogP contribution in [0.4, 0.5) is 11.4 Å². The average molecular weight is 316 g/mol. The molecule has 3 nitrogen and oxygen atoms in total. The van der Waals surface area contributed by atoms with Crippen LogP contribution in [0.1, 0.15) is 25.3 Å². The van der Waals surface area contributed by atoms with E-state index in [4.69, 9.17) is 0 Å². The van der Waals surface area contributed by atoms with Crippen molar-refractivity contribution in [1.82, 2.24) is 3.89 Å². The highest BCUT2D eigenvalue weighted by Gasteiger charge is 2.51. The number of hydrogen-bond donors (Lipinski definition) is 0. The van der Waals surface area contributed by atoms with Crippen LogP contribution >= 0.6 is 0 Å². The van der Waals surface area contributed by atoms with Gasteiger partial charge in [0, 0.05) is 30.2 Å². The molecule has 0 aliphatic carbocycles. The monoisotopic (exact) mass is 316 g/mol. The maximum Gasteiger partial charge on any atom is 0.309 e. The fourth-order valence-corrected chi connectivity index (χ4v) is 5.84. The molecule has 22 heavy (non-hydrogen) atoms. The van der Waals surface area contributed by atoms with Gasteiger partial charge in [0.2, 0.25) is 0 Å². The van der Waals surface area contributed by atoms with Crippen molar-refractivity contribution in [2.45, 2.75) is 31.4 Å². The van der Waals surface area contributed by atoms with Gasteiger partial charge in [-0.25, -0.2) is 0 Å². The van der Waals surface area contributed by atoms with E-state index in [1.807, 2.05) is 62.5 Å². The molecular weight excluding hydrogens is 294 g/mol. The molecule has 1 heterocycles. The molecule has 1 aliphatic rings. The van der Waals surface area contributed by atoms with Crippen LogP contribution in [0.15, 0.2) is 54.6 Å². The van der Waals surface area contributed by atoms with Crippen LogP contribution < -0.4 is 3.89 Å². The van der Waals surface area contributed by atoms with Gasteiger partial charge in [0.1, 0.15) is 5.25 Å². The zero-order valence-corrected chi connectivity index (χ0v) is 13.9. The highest BCUT2D eigenvalue weighted by Crippen LogP contribution is 2.45. The first-order chi connectivity index (χ1) is 10.5. The Morgan fingerprint density at radius 3 is 2.36 bits per heavy atom. The molecule has 0 bridgehead atoms. The molecule has 0 saturated heterocycles. The van der Waals surface area contributed by atoms with E-state index in [1.165, 1.54) is 0 Å². The Kier molecular flexibility index (Phi) is 3.83. The van der Waals surface area contributed by atoms with Gasteiger partial charge in [-0.3, -0.25) is 0 Å². The highest BCUT2D eigenvalue weighted by molar-refractivity contribution is 7.91. The highest BCUT2D eigenvalue weighted by atomic mass is 32.2. The maximum atomic E-state index is 13.4. The van der Waals surface area contributed by atoms with Gasteiger partial charge >= 0.3 is 10.0 Å². The minimum atomic E-state index is -3.35. The van der Waals surface area contributed by atoms with Crippen molar-refractivity contribution < 1.29 is 8.42 Å². The lowest BCUT2D eigenvalue weighted by Crippen LogP contribution is -2.54. The number of rotatable bonds is 3. The first-order valence-electron chi connectivity index (χ1n) is 7.76. The van der Waals surface area contributed by atoms with Crippen LogP contribution in [0.25, 0.3) is 0 Å². The maximum absolute atomic E-state index is 13.4. The summed E-state index contributed by atoms with van der Waals surface area (Å²) >= 11 is 0. The Hall–Kier alpha value is -1.65. The fraction of sp³-hybridized carbons (Fsp3) is 0.333. The zero-order chi connectivity index (χ0) is 15.8. The summed E-state index contributed by atoms with van der Waals surface area (Å²) in [6.07, 6.45) is 2.20. The van der Waals surface area contributed by atoms with E-state index in [2.05, 4.69) is 6.07 Å². The number of fused-ring (bicyclic) bond motifs is 1. The van der Waals surface area contributed by atoms with Gasteiger partial charge < -0.3 is 0 Å². The summed E-state index contributed by atoms with van der Waals surface area (Å²) in [6.45, 7) is 2.04. The summed E-state index contributed by atoms with van der Waals surface area (Å²) in [5, 5.41) is -0.322. The topological polar surface area (TPSA) is 34.1 Å². The predicted molar refractivity (Wildman–Crippen MR) is 91.6 cm³/mol. The largest absolute Gasteiger partial charge is 0.309 e. The smallest absolute Gasteiger partial charge is 0.172 e. The van der Waals surface area contributed by atoms with Crippen molar-refractivity contribution in [3.05, 3.63) is 60.2 Å². The normalized spacial score (nSPS) is 26.4. The second kappa shape index (κ2) is 5.52. The first-order valence-corrected chi connectivity index (χ1v) is 9.26. The van der Waals surface area contributed by atoms with E-state index in [0.717, 1.165) is 23.4 Å². The third-order valence-electron chi connectivity index (χ3n) is 4.69. The standard InChI is InChI=1S/C18H22NO2S/c1-3-9-17-14-15-10-7-8-13-18(15)19(2,22(17,20)21)16-11-5-4-6-12-16/h4-8,10-13,17H,3,9,14H2,1-2H3/q+1/t17-,19?/m0/s1. The molecule has 2 aromatic rings. The molecule has 0 N–H and O–H groups in total. The lowest BCUT2D eigenvalue weighted by molar-refractivity contribution is 0.497. The van der Waals surface area contributed by atoms with Gasteiger partial charge in [-0.15, -0.1) is 0 Å². The van der Waals surface area contributed by atoms with Crippen molar-refractivity contribution in [1.29, 1.82) is 0 Å². The quantitative estimate of drug-likeness (QED) is 0.802. The summed E-state index contributed by atoms with van der Waals surface area (Å²) in [7, 11) is -1.54. The van der Waals surface area contributed by atoms with Crippen molar-refractivity contribution >= 4 is 21.4 Å². The van der Waals surface area contributed by atoms with Gasteiger partial charge in [-0.1, -0.05) is 49.7 Å². The van der Waals surface area contributed by atoms with Gasteiger partial charge in [-0.2, -0.15) is 12.3 Å². The van der Waals surface area contributed by atoms with Crippen molar-refractivity contribution in [2.75, 3.05) is 7.05 Å². The van der Waals surface area contributed by atoms with Gasteiger partial charge in [-0.05, 0) is 6.42 Å². The SMILES string of the molecule is CCC[C@H]1Cc2ccccc2[N+](C)(c2ccccc2)S1(=O)=O. The van der Waals surface area contributed by atoms with Gasteiger partial charge in [0.25, 0.3) is 0 Å². The van der Waals surface area contributed by atoms with Crippen LogP contribution in [0.3, 0.4) is 0 Å². The number of benzene rings is 2. The second-order valence-corrected chi connectivity index (χ2v) is 8.45. The summed E-state index contributed by atoms with van der Waals surface area (Å²) < 4.78 is 26.6.